The van der Waals surface area contributed by atoms with E-state index < -0.39 is 23.5 Å². The Morgan fingerprint density at radius 1 is 0.636 bits per heavy atom. The van der Waals surface area contributed by atoms with Crippen molar-refractivity contribution in [3.63, 3.8) is 0 Å². The van der Waals surface area contributed by atoms with Crippen LogP contribution in [0.2, 0.25) is 0 Å². The van der Waals surface area contributed by atoms with Crippen LogP contribution < -0.4 is 0 Å². The Balaban J connectivity index is 0.00000306. The van der Waals surface area contributed by atoms with Gasteiger partial charge in [0.25, 0.3) is 0 Å². The molecule has 0 aliphatic heterocycles. The van der Waals surface area contributed by atoms with Gasteiger partial charge >= 0.3 is 33.4 Å². The predicted octanol–water partition coefficient (Wildman–Crippen LogP) is 5.48. The van der Waals surface area contributed by atoms with Crippen molar-refractivity contribution in [1.29, 1.82) is 0 Å². The van der Waals surface area contributed by atoms with Crippen molar-refractivity contribution in [3.8, 4) is 11.4 Å². The molecule has 0 amide bonds. The van der Waals surface area contributed by atoms with Gasteiger partial charge in [-0.05, 0) is 36.3 Å². The molecule has 0 unspecified atom stereocenters. The SMILES string of the molecule is FC(F)(F)c1c[c-]c(-n2ccc(CCc3ccn(-c4[c-]cc(C(F)(F)F)cc4)n3)n2)cc1.[Pt+2]. The molecule has 4 aromatic rings. The Labute approximate surface area is 199 Å². The average molecular weight is 643 g/mol. The van der Waals surface area contributed by atoms with E-state index in [1.165, 1.54) is 21.5 Å². The molecule has 2 heterocycles. The van der Waals surface area contributed by atoms with Crippen molar-refractivity contribution in [3.05, 3.63) is 95.6 Å². The third-order valence-electron chi connectivity index (χ3n) is 4.67. The number of aromatic nitrogens is 4. The summed E-state index contributed by atoms with van der Waals surface area (Å²) in [5.74, 6) is 0. The number of alkyl halides is 6. The molecule has 0 atom stereocenters. The van der Waals surface area contributed by atoms with E-state index in [0.717, 1.165) is 24.3 Å². The van der Waals surface area contributed by atoms with Gasteiger partial charge in [0.15, 0.2) is 0 Å². The predicted molar refractivity (Wildman–Crippen MR) is 102 cm³/mol. The number of aryl methyl sites for hydroxylation is 2. The number of halogens is 6. The van der Waals surface area contributed by atoms with Crippen LogP contribution in [0.1, 0.15) is 22.5 Å². The summed E-state index contributed by atoms with van der Waals surface area (Å²) < 4.78 is 78.9. The molecule has 0 aliphatic carbocycles. The zero-order valence-electron chi connectivity index (χ0n) is 16.6. The molecule has 33 heavy (non-hydrogen) atoms. The van der Waals surface area contributed by atoms with E-state index in [9.17, 15) is 26.3 Å². The van der Waals surface area contributed by atoms with Gasteiger partial charge in [-0.15, -0.1) is 12.1 Å². The summed E-state index contributed by atoms with van der Waals surface area (Å²) in [6.45, 7) is 0. The molecule has 4 nitrogen and oxygen atoms in total. The van der Waals surface area contributed by atoms with E-state index >= 15 is 0 Å². The van der Waals surface area contributed by atoms with Crippen LogP contribution in [0.3, 0.4) is 0 Å². The average Bonchev–Trinajstić information content (AvgIpc) is 3.41. The van der Waals surface area contributed by atoms with Gasteiger partial charge in [0, 0.05) is 12.4 Å². The van der Waals surface area contributed by atoms with E-state index in [2.05, 4.69) is 22.3 Å². The van der Waals surface area contributed by atoms with Crippen LogP contribution in [0.4, 0.5) is 26.3 Å². The summed E-state index contributed by atoms with van der Waals surface area (Å²) in [6, 6.07) is 14.9. The van der Waals surface area contributed by atoms with E-state index in [-0.39, 0.29) is 21.1 Å². The summed E-state index contributed by atoms with van der Waals surface area (Å²) in [5, 5.41) is 8.68. The second-order valence-electron chi connectivity index (χ2n) is 6.92. The number of hydrogen-bond acceptors (Lipinski definition) is 2. The van der Waals surface area contributed by atoms with Crippen molar-refractivity contribution < 1.29 is 47.4 Å². The third kappa shape index (κ3) is 5.93. The minimum Gasteiger partial charge on any atom is -0.265 e. The summed E-state index contributed by atoms with van der Waals surface area (Å²) in [5.41, 5.74) is 0.602. The molecule has 174 valence electrons. The molecular weight excluding hydrogens is 629 g/mol. The molecule has 4 rings (SSSR count). The second kappa shape index (κ2) is 9.55. The first kappa shape index (κ1) is 24.8. The fourth-order valence-corrected chi connectivity index (χ4v) is 2.99. The number of nitrogens with zero attached hydrogens (tertiary/aromatic N) is 4. The van der Waals surface area contributed by atoms with Crippen LogP contribution in [0.15, 0.2) is 60.9 Å². The number of hydrogen-bond donors (Lipinski definition) is 0. The molecule has 0 spiro atoms. The first-order valence-electron chi connectivity index (χ1n) is 9.37. The van der Waals surface area contributed by atoms with Crippen molar-refractivity contribution in [2.75, 3.05) is 0 Å². The molecule has 2 aromatic carbocycles. The zero-order chi connectivity index (χ0) is 22.9. The molecule has 0 saturated heterocycles. The number of rotatable bonds is 5. The minimum atomic E-state index is -4.42. The van der Waals surface area contributed by atoms with Crippen molar-refractivity contribution in [2.45, 2.75) is 25.2 Å². The Morgan fingerprint density at radius 2 is 1.03 bits per heavy atom. The summed E-state index contributed by atoms with van der Waals surface area (Å²) >= 11 is 0. The maximum Gasteiger partial charge on any atom is 2.00 e. The maximum atomic E-state index is 12.7. The second-order valence-corrected chi connectivity index (χ2v) is 6.92. The molecule has 0 fully saturated rings. The maximum absolute atomic E-state index is 12.7. The van der Waals surface area contributed by atoms with Crippen molar-refractivity contribution in [2.24, 2.45) is 0 Å². The smallest absolute Gasteiger partial charge is 0.265 e. The fraction of sp³-hybridized carbons (Fsp3) is 0.182. The third-order valence-corrected chi connectivity index (χ3v) is 4.67. The van der Waals surface area contributed by atoms with Crippen LogP contribution in [0.5, 0.6) is 0 Å². The monoisotopic (exact) mass is 643 g/mol. The fourth-order valence-electron chi connectivity index (χ4n) is 2.99. The van der Waals surface area contributed by atoms with Gasteiger partial charge in [-0.2, -0.15) is 72.9 Å². The van der Waals surface area contributed by atoms with Gasteiger partial charge in [0.05, 0.1) is 11.4 Å². The Kier molecular flexibility index (Phi) is 7.17. The van der Waals surface area contributed by atoms with E-state index in [1.807, 2.05) is 0 Å². The van der Waals surface area contributed by atoms with Crippen LogP contribution in [0, 0.1) is 12.1 Å². The van der Waals surface area contributed by atoms with Crippen LogP contribution in [-0.2, 0) is 46.3 Å². The minimum absolute atomic E-state index is 0. The summed E-state index contributed by atoms with van der Waals surface area (Å²) in [4.78, 5) is 0. The van der Waals surface area contributed by atoms with Gasteiger partial charge in [-0.3, -0.25) is 9.36 Å². The topological polar surface area (TPSA) is 35.6 Å². The first-order valence-corrected chi connectivity index (χ1v) is 9.37. The summed E-state index contributed by atoms with van der Waals surface area (Å²) in [7, 11) is 0. The van der Waals surface area contributed by atoms with Crippen LogP contribution in [-0.4, -0.2) is 19.6 Å². The van der Waals surface area contributed by atoms with Gasteiger partial charge in [-0.1, -0.05) is 11.1 Å². The molecule has 0 aliphatic rings. The molecule has 0 N–H and O–H groups in total. The van der Waals surface area contributed by atoms with Crippen LogP contribution in [0.25, 0.3) is 11.4 Å². The van der Waals surface area contributed by atoms with E-state index in [4.69, 9.17) is 0 Å². The van der Waals surface area contributed by atoms with Gasteiger partial charge in [0.1, 0.15) is 0 Å². The Bertz CT molecular complexity index is 1100. The zero-order valence-corrected chi connectivity index (χ0v) is 18.8. The van der Waals surface area contributed by atoms with Crippen LogP contribution >= 0.6 is 0 Å². The van der Waals surface area contributed by atoms with E-state index in [1.54, 1.807) is 24.5 Å². The van der Waals surface area contributed by atoms with Crippen molar-refractivity contribution in [1.82, 2.24) is 19.6 Å². The molecule has 0 bridgehead atoms. The Morgan fingerprint density at radius 3 is 1.33 bits per heavy atom. The normalized spacial score (nSPS) is 11.9. The molecule has 11 heteroatoms. The largest absolute Gasteiger partial charge is 2.00 e. The summed E-state index contributed by atoms with van der Waals surface area (Å²) in [6.07, 6.45) is -4.56. The van der Waals surface area contributed by atoms with Gasteiger partial charge < -0.3 is 0 Å². The molecular formula is C22H14F6N4Pt. The Hall–Kier alpha value is -2.87. The van der Waals surface area contributed by atoms with Crippen molar-refractivity contribution >= 4 is 0 Å². The molecule has 0 radical (unpaired) electrons. The van der Waals surface area contributed by atoms with Gasteiger partial charge in [-0.25, -0.2) is 0 Å². The quantitative estimate of drug-likeness (QED) is 0.214. The number of benzene rings is 2. The van der Waals surface area contributed by atoms with Gasteiger partial charge in [0.2, 0.25) is 0 Å². The molecule has 0 saturated carbocycles. The first-order chi connectivity index (χ1) is 15.1. The molecule has 2 aromatic heterocycles. The standard InChI is InChI=1S/C22H14F6N4.Pt/c23-21(24,25)15-1-7-19(8-2-15)31-13-11-17(29-31)5-6-18-12-14-32(30-18)20-9-3-16(4-10-20)22(26,27)28;/h1-4,7,9,11-14H,5-6H2;/q-2;+2. The van der Waals surface area contributed by atoms with E-state index in [0.29, 0.717) is 35.6 Å².